The Morgan fingerprint density at radius 1 is 1.32 bits per heavy atom. The van der Waals surface area contributed by atoms with Crippen molar-refractivity contribution < 1.29 is 14.7 Å². The van der Waals surface area contributed by atoms with Crippen LogP contribution in [0.2, 0.25) is 0 Å². The molecule has 2 rings (SSSR count). The first-order chi connectivity index (χ1) is 11.4. The van der Waals surface area contributed by atoms with Crippen molar-refractivity contribution in [2.24, 2.45) is 0 Å². The number of carboxylic acid groups (broad SMARTS) is 1. The van der Waals surface area contributed by atoms with E-state index in [1.54, 1.807) is 6.07 Å². The molecule has 0 aliphatic heterocycles. The molecule has 7 heteroatoms. The van der Waals surface area contributed by atoms with Crippen LogP contribution in [0.4, 0.5) is 0 Å². The van der Waals surface area contributed by atoms with E-state index in [2.05, 4.69) is 5.10 Å². The SMILES string of the molecule is Cc1nn(C(C)(C)C)c2nc(C(C)C)cc(C(=O)N(C)CC(=O)O)c12. The molecule has 0 aliphatic rings. The van der Waals surface area contributed by atoms with Gasteiger partial charge >= 0.3 is 5.97 Å². The van der Waals surface area contributed by atoms with Gasteiger partial charge in [-0.3, -0.25) is 9.59 Å². The van der Waals surface area contributed by atoms with Gasteiger partial charge in [-0.2, -0.15) is 5.10 Å². The lowest BCUT2D eigenvalue weighted by atomic mass is 10.0. The fraction of sp³-hybridized carbons (Fsp3) is 0.556. The summed E-state index contributed by atoms with van der Waals surface area (Å²) in [6.45, 7) is 11.6. The summed E-state index contributed by atoms with van der Waals surface area (Å²) < 4.78 is 1.83. The van der Waals surface area contributed by atoms with Gasteiger partial charge in [0.1, 0.15) is 6.54 Å². The minimum Gasteiger partial charge on any atom is -0.480 e. The molecule has 0 aromatic carbocycles. The van der Waals surface area contributed by atoms with Crippen LogP contribution in [0.5, 0.6) is 0 Å². The van der Waals surface area contributed by atoms with Crippen molar-refractivity contribution in [3.05, 3.63) is 23.0 Å². The maximum absolute atomic E-state index is 12.9. The van der Waals surface area contributed by atoms with Crippen LogP contribution in [0.1, 0.15) is 62.3 Å². The molecule has 7 nitrogen and oxygen atoms in total. The number of carbonyl (C=O) groups excluding carboxylic acids is 1. The number of hydrogen-bond acceptors (Lipinski definition) is 4. The van der Waals surface area contributed by atoms with Crippen molar-refractivity contribution >= 4 is 22.9 Å². The summed E-state index contributed by atoms with van der Waals surface area (Å²) in [6, 6.07) is 1.76. The molecular formula is C18H26N4O3. The number of hydrogen-bond donors (Lipinski definition) is 1. The van der Waals surface area contributed by atoms with E-state index in [1.807, 2.05) is 46.2 Å². The molecule has 0 unspecified atom stereocenters. The molecule has 1 N–H and O–H groups in total. The lowest BCUT2D eigenvalue weighted by Crippen LogP contribution is -2.32. The minimum absolute atomic E-state index is 0.129. The fourth-order valence-electron chi connectivity index (χ4n) is 2.72. The van der Waals surface area contributed by atoms with E-state index in [4.69, 9.17) is 10.1 Å². The molecule has 1 amide bonds. The summed E-state index contributed by atoms with van der Waals surface area (Å²) in [7, 11) is 1.49. The van der Waals surface area contributed by atoms with Crippen molar-refractivity contribution in [2.45, 2.75) is 53.0 Å². The smallest absolute Gasteiger partial charge is 0.323 e. The maximum Gasteiger partial charge on any atom is 0.323 e. The summed E-state index contributed by atoms with van der Waals surface area (Å²) >= 11 is 0. The highest BCUT2D eigenvalue weighted by molar-refractivity contribution is 6.07. The first kappa shape index (κ1) is 18.9. The average molecular weight is 346 g/mol. The number of carboxylic acids is 1. The van der Waals surface area contributed by atoms with Gasteiger partial charge in [-0.05, 0) is 39.7 Å². The molecule has 0 aliphatic carbocycles. The molecule has 0 fully saturated rings. The molecule has 0 radical (unpaired) electrons. The zero-order valence-corrected chi connectivity index (χ0v) is 15.9. The van der Waals surface area contributed by atoms with Crippen molar-refractivity contribution in [2.75, 3.05) is 13.6 Å². The summed E-state index contributed by atoms with van der Waals surface area (Å²) in [6.07, 6.45) is 0. The topological polar surface area (TPSA) is 88.3 Å². The monoisotopic (exact) mass is 346 g/mol. The van der Waals surface area contributed by atoms with Crippen LogP contribution in [0.3, 0.4) is 0 Å². The van der Waals surface area contributed by atoms with E-state index in [0.29, 0.717) is 22.3 Å². The van der Waals surface area contributed by atoms with Gasteiger partial charge in [-0.15, -0.1) is 0 Å². The molecule has 0 atom stereocenters. The lowest BCUT2D eigenvalue weighted by molar-refractivity contribution is -0.137. The number of pyridine rings is 1. The predicted molar refractivity (Wildman–Crippen MR) is 95.9 cm³/mol. The molecule has 0 saturated heterocycles. The first-order valence-corrected chi connectivity index (χ1v) is 8.31. The molecular weight excluding hydrogens is 320 g/mol. The van der Waals surface area contributed by atoms with Gasteiger partial charge in [-0.25, -0.2) is 9.67 Å². The summed E-state index contributed by atoms with van der Waals surface area (Å²) in [5, 5.41) is 14.3. The highest BCUT2D eigenvalue weighted by atomic mass is 16.4. The van der Waals surface area contributed by atoms with Crippen molar-refractivity contribution in [3.8, 4) is 0 Å². The van der Waals surface area contributed by atoms with Gasteiger partial charge in [0.15, 0.2) is 5.65 Å². The van der Waals surface area contributed by atoms with Crippen LogP contribution in [0.15, 0.2) is 6.07 Å². The van der Waals surface area contributed by atoms with Crippen LogP contribution < -0.4 is 0 Å². The third-order valence-corrected chi connectivity index (χ3v) is 4.01. The van der Waals surface area contributed by atoms with Crippen LogP contribution >= 0.6 is 0 Å². The van der Waals surface area contributed by atoms with Crippen LogP contribution in [-0.4, -0.2) is 50.2 Å². The number of aliphatic carboxylic acids is 1. The zero-order chi connectivity index (χ0) is 19.1. The van der Waals surface area contributed by atoms with Gasteiger partial charge in [0.05, 0.1) is 22.2 Å². The normalized spacial score (nSPS) is 12.0. The van der Waals surface area contributed by atoms with E-state index in [-0.39, 0.29) is 23.9 Å². The van der Waals surface area contributed by atoms with Gasteiger partial charge in [-0.1, -0.05) is 13.8 Å². The van der Waals surface area contributed by atoms with Crippen LogP contribution in [0, 0.1) is 6.92 Å². The number of aromatic nitrogens is 3. The Morgan fingerprint density at radius 3 is 2.40 bits per heavy atom. The standard InChI is InChI=1S/C18H26N4O3/c1-10(2)13-8-12(17(25)21(7)9-14(23)24)15-11(3)20-22(16(15)19-13)18(4,5)6/h8,10H,9H2,1-7H3,(H,23,24). The number of likely N-dealkylation sites (N-methyl/N-ethyl adjacent to an activating group) is 1. The largest absolute Gasteiger partial charge is 0.480 e. The third-order valence-electron chi connectivity index (χ3n) is 4.01. The van der Waals surface area contributed by atoms with Gasteiger partial charge < -0.3 is 10.0 Å². The van der Waals surface area contributed by atoms with E-state index in [9.17, 15) is 9.59 Å². The second-order valence-corrected chi connectivity index (χ2v) is 7.67. The third kappa shape index (κ3) is 3.65. The second kappa shape index (κ2) is 6.46. The molecule has 0 saturated carbocycles. The zero-order valence-electron chi connectivity index (χ0n) is 15.9. The van der Waals surface area contributed by atoms with Gasteiger partial charge in [0.2, 0.25) is 0 Å². The van der Waals surface area contributed by atoms with Crippen LogP contribution in [-0.2, 0) is 10.3 Å². The summed E-state index contributed by atoms with van der Waals surface area (Å²) in [5.74, 6) is -1.26. The molecule has 25 heavy (non-hydrogen) atoms. The van der Waals surface area contributed by atoms with Crippen LogP contribution in [0.25, 0.3) is 11.0 Å². The predicted octanol–water partition coefficient (Wildman–Crippen LogP) is 2.77. The number of carbonyl (C=O) groups is 2. The van der Waals surface area contributed by atoms with Crippen molar-refractivity contribution in [1.82, 2.24) is 19.7 Å². The molecule has 2 aromatic rings. The average Bonchev–Trinajstić information content (AvgIpc) is 2.82. The number of rotatable bonds is 4. The Labute approximate surface area is 147 Å². The highest BCUT2D eigenvalue weighted by Crippen LogP contribution is 2.29. The maximum atomic E-state index is 12.9. The Balaban J connectivity index is 2.76. The Bertz CT molecular complexity index is 831. The Morgan fingerprint density at radius 2 is 1.92 bits per heavy atom. The van der Waals surface area contributed by atoms with E-state index in [0.717, 1.165) is 5.69 Å². The number of aryl methyl sites for hydroxylation is 1. The van der Waals surface area contributed by atoms with Crippen molar-refractivity contribution in [3.63, 3.8) is 0 Å². The minimum atomic E-state index is -1.05. The molecule has 2 heterocycles. The number of amides is 1. The Hall–Kier alpha value is -2.44. The molecule has 2 aromatic heterocycles. The number of nitrogens with zero attached hydrogens (tertiary/aromatic N) is 4. The highest BCUT2D eigenvalue weighted by Gasteiger charge is 2.26. The Kier molecular flexibility index (Phi) is 4.88. The van der Waals surface area contributed by atoms with E-state index < -0.39 is 5.97 Å². The van der Waals surface area contributed by atoms with Crippen molar-refractivity contribution in [1.29, 1.82) is 0 Å². The van der Waals surface area contributed by atoms with Gasteiger partial charge in [0, 0.05) is 12.7 Å². The molecule has 136 valence electrons. The first-order valence-electron chi connectivity index (χ1n) is 8.31. The lowest BCUT2D eigenvalue weighted by Gasteiger charge is -2.21. The van der Waals surface area contributed by atoms with E-state index >= 15 is 0 Å². The summed E-state index contributed by atoms with van der Waals surface area (Å²) in [4.78, 5) is 29.8. The quantitative estimate of drug-likeness (QED) is 0.919. The summed E-state index contributed by atoms with van der Waals surface area (Å²) in [5.41, 5.74) is 2.31. The van der Waals surface area contributed by atoms with Gasteiger partial charge in [0.25, 0.3) is 5.91 Å². The number of fused-ring (bicyclic) bond motifs is 1. The molecule has 0 spiro atoms. The fourth-order valence-corrected chi connectivity index (χ4v) is 2.72. The molecule has 0 bridgehead atoms. The van der Waals surface area contributed by atoms with E-state index in [1.165, 1.54) is 11.9 Å². The second-order valence-electron chi connectivity index (χ2n) is 7.67.